The Morgan fingerprint density at radius 1 is 1.29 bits per heavy atom. The van der Waals surface area contributed by atoms with Gasteiger partial charge in [-0.2, -0.15) is 0 Å². The largest absolute Gasteiger partial charge is 0.356 e. The maximum Gasteiger partial charge on any atom is 0.241 e. The van der Waals surface area contributed by atoms with E-state index in [2.05, 4.69) is 22.5 Å². The van der Waals surface area contributed by atoms with Gasteiger partial charge in [0, 0.05) is 25.7 Å². The van der Waals surface area contributed by atoms with Gasteiger partial charge in [-0.25, -0.2) is 4.99 Å². The van der Waals surface area contributed by atoms with Gasteiger partial charge in [0.1, 0.15) is 0 Å². The summed E-state index contributed by atoms with van der Waals surface area (Å²) >= 11 is 6.04. The molecule has 0 aliphatic carbocycles. The van der Waals surface area contributed by atoms with Crippen molar-refractivity contribution in [3.05, 3.63) is 34.3 Å². The molecule has 1 aromatic rings. The molecule has 7 heteroatoms. The number of benzene rings is 1. The zero-order valence-corrected chi connectivity index (χ0v) is 17.9. The Labute approximate surface area is 167 Å². The third kappa shape index (κ3) is 8.73. The maximum atomic E-state index is 11.7. The molecule has 0 aliphatic heterocycles. The van der Waals surface area contributed by atoms with Gasteiger partial charge in [0.15, 0.2) is 5.96 Å². The molecule has 0 fully saturated rings. The quantitative estimate of drug-likeness (QED) is 0.281. The molecule has 136 valence electrons. The van der Waals surface area contributed by atoms with Crippen LogP contribution in [-0.4, -0.2) is 44.0 Å². The summed E-state index contributed by atoms with van der Waals surface area (Å²) in [6.45, 7) is 5.71. The lowest BCUT2D eigenvalue weighted by Crippen LogP contribution is -2.43. The number of rotatable bonds is 7. The number of guanidine groups is 1. The molecule has 0 heterocycles. The summed E-state index contributed by atoms with van der Waals surface area (Å²) in [5, 5.41) is 7.09. The van der Waals surface area contributed by atoms with Gasteiger partial charge in [0.25, 0.3) is 0 Å². The molecule has 1 aromatic carbocycles. The number of hydrogen-bond acceptors (Lipinski definition) is 2. The minimum Gasteiger partial charge on any atom is -0.356 e. The number of carbonyl (C=O) groups excluding carboxylic acids is 1. The Bertz CT molecular complexity index is 549. The summed E-state index contributed by atoms with van der Waals surface area (Å²) in [6.07, 6.45) is 2.16. The third-order valence-corrected chi connectivity index (χ3v) is 3.79. The number of nitrogens with one attached hydrogen (secondary N) is 2. The molecule has 5 nitrogen and oxygen atoms in total. The molecule has 2 N–H and O–H groups in total. The normalized spacial score (nSPS) is 10.8. The van der Waals surface area contributed by atoms with Crippen LogP contribution in [0.4, 0.5) is 0 Å². The molecule has 0 aliphatic rings. The van der Waals surface area contributed by atoms with Crippen LogP contribution in [0.1, 0.15) is 30.9 Å². The number of aryl methyl sites for hydroxylation is 1. The number of nitrogens with zero attached hydrogens (tertiary/aromatic N) is 2. The maximum absolute atomic E-state index is 11.7. The van der Waals surface area contributed by atoms with Crippen LogP contribution in [0.15, 0.2) is 23.2 Å². The molecule has 0 saturated heterocycles. The van der Waals surface area contributed by atoms with Gasteiger partial charge in [-0.15, -0.1) is 24.0 Å². The zero-order valence-electron chi connectivity index (χ0n) is 14.9. The molecule has 1 amide bonds. The minimum atomic E-state index is 0. The van der Waals surface area contributed by atoms with E-state index in [4.69, 9.17) is 11.6 Å². The van der Waals surface area contributed by atoms with Crippen LogP contribution in [0.5, 0.6) is 0 Å². The van der Waals surface area contributed by atoms with Crippen LogP contribution in [-0.2, 0) is 11.3 Å². The van der Waals surface area contributed by atoms with Crippen LogP contribution in [0.25, 0.3) is 0 Å². The van der Waals surface area contributed by atoms with Crippen molar-refractivity contribution in [3.63, 3.8) is 0 Å². The van der Waals surface area contributed by atoms with Crippen molar-refractivity contribution in [2.24, 2.45) is 4.99 Å². The van der Waals surface area contributed by atoms with Crippen molar-refractivity contribution in [3.8, 4) is 0 Å². The highest BCUT2D eigenvalue weighted by Gasteiger charge is 2.06. The minimum absolute atomic E-state index is 0. The molecule has 0 saturated carbocycles. The topological polar surface area (TPSA) is 56.7 Å². The van der Waals surface area contributed by atoms with Crippen molar-refractivity contribution < 1.29 is 4.79 Å². The van der Waals surface area contributed by atoms with E-state index in [0.29, 0.717) is 12.5 Å². The Balaban J connectivity index is 0.00000529. The lowest BCUT2D eigenvalue weighted by atomic mass is 10.1. The highest BCUT2D eigenvalue weighted by atomic mass is 127. The molecule has 0 spiro atoms. The van der Waals surface area contributed by atoms with Crippen LogP contribution in [0, 0.1) is 6.92 Å². The second kappa shape index (κ2) is 12.4. The van der Waals surface area contributed by atoms with Crippen LogP contribution < -0.4 is 10.6 Å². The molecule has 0 bridgehead atoms. The van der Waals surface area contributed by atoms with Crippen molar-refractivity contribution >= 4 is 47.4 Å². The number of unbranched alkanes of at least 4 members (excludes halogenated alkanes) is 1. The van der Waals surface area contributed by atoms with Gasteiger partial charge in [-0.1, -0.05) is 37.1 Å². The standard InChI is InChI=1S/C17H27ClN4O.HI/c1-5-6-9-19-17(21-12-16(23)22(3)4)20-11-14-7-8-15(18)13(2)10-14;/h7-8,10H,5-6,9,11-12H2,1-4H3,(H2,19,20,21);1H. The Morgan fingerprint density at radius 2 is 2.00 bits per heavy atom. The number of carbonyl (C=O) groups is 1. The van der Waals surface area contributed by atoms with Crippen molar-refractivity contribution in [2.45, 2.75) is 33.2 Å². The molecule has 0 radical (unpaired) electrons. The fourth-order valence-electron chi connectivity index (χ4n) is 1.85. The van der Waals surface area contributed by atoms with Crippen LogP contribution in [0.3, 0.4) is 0 Å². The lowest BCUT2D eigenvalue weighted by Gasteiger charge is -2.15. The van der Waals surface area contributed by atoms with Crippen molar-refractivity contribution in [1.82, 2.24) is 15.5 Å². The molecular formula is C17H28ClIN4O. The number of amides is 1. The SMILES string of the molecule is CCCCNC(=NCc1ccc(Cl)c(C)c1)NCC(=O)N(C)C.I. The first-order valence-electron chi connectivity index (χ1n) is 7.91. The number of likely N-dealkylation sites (N-methyl/N-ethyl adjacent to an activating group) is 1. The molecule has 0 aromatic heterocycles. The highest BCUT2D eigenvalue weighted by Crippen LogP contribution is 2.16. The van der Waals surface area contributed by atoms with E-state index in [1.165, 1.54) is 0 Å². The summed E-state index contributed by atoms with van der Waals surface area (Å²) < 4.78 is 0. The molecular weight excluding hydrogens is 439 g/mol. The Kier molecular flexibility index (Phi) is 11.8. The van der Waals surface area contributed by atoms with Crippen molar-refractivity contribution in [1.29, 1.82) is 0 Å². The number of hydrogen-bond donors (Lipinski definition) is 2. The smallest absolute Gasteiger partial charge is 0.241 e. The number of halogens is 2. The van der Waals surface area contributed by atoms with Crippen LogP contribution >= 0.6 is 35.6 Å². The summed E-state index contributed by atoms with van der Waals surface area (Å²) in [7, 11) is 3.48. The van der Waals surface area contributed by atoms with Gasteiger partial charge in [-0.05, 0) is 30.5 Å². The molecule has 1 rings (SSSR count). The molecule has 24 heavy (non-hydrogen) atoms. The lowest BCUT2D eigenvalue weighted by molar-refractivity contribution is -0.127. The average molecular weight is 467 g/mol. The Morgan fingerprint density at radius 3 is 2.58 bits per heavy atom. The summed E-state index contributed by atoms with van der Waals surface area (Å²) in [5.41, 5.74) is 2.12. The van der Waals surface area contributed by atoms with E-state index in [1.807, 2.05) is 25.1 Å². The van der Waals surface area contributed by atoms with E-state index >= 15 is 0 Å². The number of aliphatic imine (C=N–C) groups is 1. The van der Waals surface area contributed by atoms with Gasteiger partial charge >= 0.3 is 0 Å². The summed E-state index contributed by atoms with van der Waals surface area (Å²) in [4.78, 5) is 17.8. The van der Waals surface area contributed by atoms with Crippen LogP contribution in [0.2, 0.25) is 5.02 Å². The predicted octanol–water partition coefficient (Wildman–Crippen LogP) is 3.19. The van der Waals surface area contributed by atoms with Gasteiger partial charge in [0.2, 0.25) is 5.91 Å². The second-order valence-electron chi connectivity index (χ2n) is 5.67. The molecule has 0 unspecified atom stereocenters. The fraction of sp³-hybridized carbons (Fsp3) is 0.529. The van der Waals surface area contributed by atoms with Gasteiger partial charge < -0.3 is 15.5 Å². The second-order valence-corrected chi connectivity index (χ2v) is 6.08. The van der Waals surface area contributed by atoms with E-state index in [1.54, 1.807) is 19.0 Å². The van der Waals surface area contributed by atoms with Crippen molar-refractivity contribution in [2.75, 3.05) is 27.2 Å². The first-order valence-corrected chi connectivity index (χ1v) is 8.29. The first-order chi connectivity index (χ1) is 10.9. The first kappa shape index (κ1) is 23.0. The van der Waals surface area contributed by atoms with Gasteiger partial charge in [-0.3, -0.25) is 4.79 Å². The Hall–Kier alpha value is -1.02. The highest BCUT2D eigenvalue weighted by molar-refractivity contribution is 14.0. The summed E-state index contributed by atoms with van der Waals surface area (Å²) in [6, 6.07) is 5.88. The fourth-order valence-corrected chi connectivity index (χ4v) is 1.97. The average Bonchev–Trinajstić information content (AvgIpc) is 2.52. The van der Waals surface area contributed by atoms with E-state index in [9.17, 15) is 4.79 Å². The zero-order chi connectivity index (χ0) is 17.2. The van der Waals surface area contributed by atoms with Gasteiger partial charge in [0.05, 0.1) is 13.1 Å². The van der Waals surface area contributed by atoms with E-state index in [0.717, 1.165) is 35.5 Å². The third-order valence-electron chi connectivity index (χ3n) is 3.37. The monoisotopic (exact) mass is 466 g/mol. The van der Waals surface area contributed by atoms with E-state index in [-0.39, 0.29) is 36.4 Å². The predicted molar refractivity (Wildman–Crippen MR) is 112 cm³/mol. The summed E-state index contributed by atoms with van der Waals surface area (Å²) in [5.74, 6) is 0.665. The molecule has 0 atom stereocenters. The van der Waals surface area contributed by atoms with E-state index < -0.39 is 0 Å².